The van der Waals surface area contributed by atoms with E-state index in [4.69, 9.17) is 0 Å². The maximum Gasteiger partial charge on any atom is 0.216 e. The number of carbonyl (C=O) groups excluding carboxylic acids is 1. The highest BCUT2D eigenvalue weighted by Crippen LogP contribution is 2.24. The Hall–Kier alpha value is -2.14. The number of hydrogen-bond acceptors (Lipinski definition) is 3. The van der Waals surface area contributed by atoms with Crippen molar-refractivity contribution in [2.75, 3.05) is 19.6 Å². The molecule has 3 heterocycles. The summed E-state index contributed by atoms with van der Waals surface area (Å²) in [5, 5.41) is 2.97. The van der Waals surface area contributed by atoms with Crippen LogP contribution >= 0.6 is 0 Å². The fraction of sp³-hybridized carbons (Fsp3) is 0.500. The molecule has 1 N–H and O–H groups in total. The van der Waals surface area contributed by atoms with E-state index in [1.165, 1.54) is 29.8 Å². The number of rotatable bonds is 5. The lowest BCUT2D eigenvalue weighted by Gasteiger charge is -2.32. The van der Waals surface area contributed by atoms with E-state index in [2.05, 4.69) is 45.7 Å². The summed E-state index contributed by atoms with van der Waals surface area (Å²) in [4.78, 5) is 17.9. The number of pyridine rings is 1. The summed E-state index contributed by atoms with van der Waals surface area (Å²) in [5.74, 6) is 0.622. The van der Waals surface area contributed by atoms with Gasteiger partial charge in [-0.15, -0.1) is 0 Å². The van der Waals surface area contributed by atoms with E-state index in [0.29, 0.717) is 5.92 Å². The van der Waals surface area contributed by atoms with Crippen molar-refractivity contribution in [3.63, 3.8) is 0 Å². The molecule has 0 aromatic carbocycles. The van der Waals surface area contributed by atoms with Gasteiger partial charge in [-0.2, -0.15) is 0 Å². The largest absolute Gasteiger partial charge is 0.356 e. The van der Waals surface area contributed by atoms with Gasteiger partial charge in [0.05, 0.1) is 11.9 Å². The first-order chi connectivity index (χ1) is 12.0. The fourth-order valence-electron chi connectivity index (χ4n) is 3.86. The molecular formula is C20H28N4O. The number of hydrogen-bond donors (Lipinski definition) is 1. The van der Waals surface area contributed by atoms with E-state index in [-0.39, 0.29) is 5.91 Å². The van der Waals surface area contributed by atoms with Gasteiger partial charge in [0.1, 0.15) is 0 Å². The lowest BCUT2D eigenvalue weighted by atomic mass is 9.97. The van der Waals surface area contributed by atoms with E-state index in [1.807, 2.05) is 18.5 Å². The Bertz CT molecular complexity index is 723. The maximum absolute atomic E-state index is 11.1. The minimum absolute atomic E-state index is 0.0668. The molecule has 1 fully saturated rings. The number of amides is 1. The maximum atomic E-state index is 11.1. The van der Waals surface area contributed by atoms with Crippen molar-refractivity contribution >= 4 is 5.91 Å². The Kier molecular flexibility index (Phi) is 5.53. The van der Waals surface area contributed by atoms with Crippen LogP contribution in [-0.4, -0.2) is 40.0 Å². The summed E-state index contributed by atoms with van der Waals surface area (Å²) in [6.45, 7) is 9.88. The zero-order valence-corrected chi connectivity index (χ0v) is 15.5. The molecule has 25 heavy (non-hydrogen) atoms. The first kappa shape index (κ1) is 17.7. The Morgan fingerprint density at radius 2 is 2.24 bits per heavy atom. The van der Waals surface area contributed by atoms with E-state index < -0.39 is 0 Å². The molecule has 0 unspecified atom stereocenters. The lowest BCUT2D eigenvalue weighted by Crippen LogP contribution is -2.40. The molecular weight excluding hydrogens is 312 g/mol. The minimum Gasteiger partial charge on any atom is -0.356 e. The zero-order chi connectivity index (χ0) is 17.8. The Labute approximate surface area is 150 Å². The van der Waals surface area contributed by atoms with Crippen LogP contribution in [-0.2, 0) is 11.3 Å². The first-order valence-electron chi connectivity index (χ1n) is 9.09. The molecule has 1 amide bonds. The van der Waals surface area contributed by atoms with Crippen LogP contribution in [0, 0.1) is 19.8 Å². The van der Waals surface area contributed by atoms with Gasteiger partial charge in [0.25, 0.3) is 0 Å². The Morgan fingerprint density at radius 1 is 1.40 bits per heavy atom. The van der Waals surface area contributed by atoms with E-state index in [9.17, 15) is 4.79 Å². The fourth-order valence-corrected chi connectivity index (χ4v) is 3.86. The van der Waals surface area contributed by atoms with Crippen LogP contribution in [0.15, 0.2) is 30.6 Å². The van der Waals surface area contributed by atoms with Crippen molar-refractivity contribution < 1.29 is 4.79 Å². The molecule has 2 aromatic heterocycles. The van der Waals surface area contributed by atoms with Crippen molar-refractivity contribution in [3.05, 3.63) is 47.5 Å². The predicted octanol–water partition coefficient (Wildman–Crippen LogP) is 2.84. The normalized spacial score (nSPS) is 18.3. The van der Waals surface area contributed by atoms with Gasteiger partial charge < -0.3 is 9.88 Å². The van der Waals surface area contributed by atoms with E-state index in [0.717, 1.165) is 31.9 Å². The van der Waals surface area contributed by atoms with Crippen molar-refractivity contribution in [1.82, 2.24) is 19.8 Å². The number of carbonyl (C=O) groups is 1. The molecule has 1 aliphatic heterocycles. The summed E-state index contributed by atoms with van der Waals surface area (Å²) < 4.78 is 2.28. The number of aromatic nitrogens is 2. The van der Waals surface area contributed by atoms with E-state index >= 15 is 0 Å². The third-order valence-electron chi connectivity index (χ3n) is 5.08. The van der Waals surface area contributed by atoms with Crippen LogP contribution in [0.25, 0.3) is 5.69 Å². The van der Waals surface area contributed by atoms with Crippen molar-refractivity contribution in [3.8, 4) is 5.69 Å². The second-order valence-corrected chi connectivity index (χ2v) is 7.12. The quantitative estimate of drug-likeness (QED) is 0.910. The highest BCUT2D eigenvalue weighted by atomic mass is 16.1. The summed E-state index contributed by atoms with van der Waals surface area (Å²) in [6, 6.07) is 6.37. The molecule has 0 spiro atoms. The third kappa shape index (κ3) is 4.28. The summed E-state index contributed by atoms with van der Waals surface area (Å²) >= 11 is 0. The molecule has 5 nitrogen and oxygen atoms in total. The van der Waals surface area contributed by atoms with Gasteiger partial charge in [-0.3, -0.25) is 14.7 Å². The lowest BCUT2D eigenvalue weighted by molar-refractivity contribution is -0.119. The number of nitrogens with one attached hydrogen (secondary N) is 1. The number of likely N-dealkylation sites (tertiary alicyclic amines) is 1. The monoisotopic (exact) mass is 340 g/mol. The average molecular weight is 340 g/mol. The topological polar surface area (TPSA) is 50.2 Å². The molecule has 2 aromatic rings. The predicted molar refractivity (Wildman–Crippen MR) is 99.7 cm³/mol. The van der Waals surface area contributed by atoms with Gasteiger partial charge in [0.15, 0.2) is 0 Å². The molecule has 0 aliphatic carbocycles. The average Bonchev–Trinajstić information content (AvgIpc) is 2.88. The van der Waals surface area contributed by atoms with Gasteiger partial charge in [0, 0.05) is 44.1 Å². The minimum atomic E-state index is 0.0668. The smallest absolute Gasteiger partial charge is 0.216 e. The van der Waals surface area contributed by atoms with Gasteiger partial charge in [-0.25, -0.2) is 0 Å². The molecule has 1 aliphatic rings. The number of aryl methyl sites for hydroxylation is 1. The molecule has 0 bridgehead atoms. The molecule has 1 atom stereocenters. The number of piperidine rings is 1. The molecule has 134 valence electrons. The van der Waals surface area contributed by atoms with Crippen LogP contribution in [0.1, 0.15) is 36.7 Å². The van der Waals surface area contributed by atoms with Crippen LogP contribution in [0.4, 0.5) is 0 Å². The Balaban J connectivity index is 1.70. The number of nitrogens with zero attached hydrogens (tertiary/aromatic N) is 3. The van der Waals surface area contributed by atoms with Crippen molar-refractivity contribution in [2.24, 2.45) is 5.92 Å². The van der Waals surface area contributed by atoms with Gasteiger partial charge in [-0.05, 0) is 62.9 Å². The third-order valence-corrected chi connectivity index (χ3v) is 5.08. The van der Waals surface area contributed by atoms with Crippen LogP contribution in [0.3, 0.4) is 0 Å². The standard InChI is InChI=1S/C20H28N4O/c1-15-10-19(16(2)24(15)20-7-4-8-21-12-20)14-23-9-5-6-18(13-23)11-22-17(3)25/h4,7-8,10,12,18H,5-6,9,11,13-14H2,1-3H3,(H,22,25)/t18-/m0/s1. The Morgan fingerprint density at radius 3 is 2.96 bits per heavy atom. The zero-order valence-electron chi connectivity index (χ0n) is 15.5. The molecule has 0 radical (unpaired) electrons. The molecule has 5 heteroatoms. The summed E-state index contributed by atoms with van der Waals surface area (Å²) in [6.07, 6.45) is 6.12. The highest BCUT2D eigenvalue weighted by Gasteiger charge is 2.21. The summed E-state index contributed by atoms with van der Waals surface area (Å²) in [5.41, 5.74) is 5.02. The van der Waals surface area contributed by atoms with Crippen molar-refractivity contribution in [2.45, 2.75) is 40.2 Å². The van der Waals surface area contributed by atoms with E-state index in [1.54, 1.807) is 6.92 Å². The molecule has 3 rings (SSSR count). The van der Waals surface area contributed by atoms with Gasteiger partial charge in [-0.1, -0.05) is 0 Å². The molecule has 1 saturated heterocycles. The van der Waals surface area contributed by atoms with Gasteiger partial charge >= 0.3 is 0 Å². The summed E-state index contributed by atoms with van der Waals surface area (Å²) in [7, 11) is 0. The molecule has 0 saturated carbocycles. The highest BCUT2D eigenvalue weighted by molar-refractivity contribution is 5.72. The van der Waals surface area contributed by atoms with Crippen LogP contribution in [0.2, 0.25) is 0 Å². The van der Waals surface area contributed by atoms with Crippen LogP contribution in [0.5, 0.6) is 0 Å². The van der Waals surface area contributed by atoms with Crippen molar-refractivity contribution in [1.29, 1.82) is 0 Å². The second kappa shape index (κ2) is 7.83. The van der Waals surface area contributed by atoms with Crippen LogP contribution < -0.4 is 5.32 Å². The van der Waals surface area contributed by atoms with Gasteiger partial charge in [0.2, 0.25) is 5.91 Å². The first-order valence-corrected chi connectivity index (χ1v) is 9.09. The second-order valence-electron chi connectivity index (χ2n) is 7.12. The SMILES string of the molecule is CC(=O)NC[C@@H]1CCCN(Cc2cc(C)n(-c3cccnc3)c2C)C1.